The fraction of sp³-hybridized carbons (Fsp3) is 0.100. The Morgan fingerprint density at radius 1 is 1.18 bits per heavy atom. The molecule has 1 heterocycles. The standard InChI is InChI=1S/C10H6F3IN2O/c11-10(12,13)17-9-3-1-8(2-4-9)16-6-7(14)5-15-16/h1-6H. The van der Waals surface area contributed by atoms with Crippen LogP contribution in [-0.4, -0.2) is 16.1 Å². The number of aromatic nitrogens is 2. The minimum absolute atomic E-state index is 0.247. The van der Waals surface area contributed by atoms with Crippen LogP contribution in [0.4, 0.5) is 13.2 Å². The van der Waals surface area contributed by atoms with Crippen molar-refractivity contribution >= 4 is 22.6 Å². The molecule has 0 saturated carbocycles. The summed E-state index contributed by atoms with van der Waals surface area (Å²) in [6.07, 6.45) is -1.25. The topological polar surface area (TPSA) is 27.1 Å². The number of alkyl halides is 3. The van der Waals surface area contributed by atoms with E-state index in [1.54, 1.807) is 17.1 Å². The molecule has 0 aliphatic heterocycles. The van der Waals surface area contributed by atoms with Crippen molar-refractivity contribution in [3.63, 3.8) is 0 Å². The number of rotatable bonds is 2. The first kappa shape index (κ1) is 12.2. The molecule has 0 unspecified atom stereocenters. The molecule has 0 atom stereocenters. The fourth-order valence-electron chi connectivity index (χ4n) is 1.24. The van der Waals surface area contributed by atoms with Gasteiger partial charge in [-0.1, -0.05) is 0 Å². The number of ether oxygens (including phenoxy) is 1. The van der Waals surface area contributed by atoms with Gasteiger partial charge in [-0.15, -0.1) is 13.2 Å². The predicted octanol–water partition coefficient (Wildman–Crippen LogP) is 3.38. The first-order chi connectivity index (χ1) is 7.94. The maximum atomic E-state index is 11.9. The SMILES string of the molecule is FC(F)(F)Oc1ccc(-n2cc(I)cn2)cc1. The summed E-state index contributed by atoms with van der Waals surface area (Å²) in [5.74, 6) is -0.247. The number of hydrogen-bond donors (Lipinski definition) is 0. The summed E-state index contributed by atoms with van der Waals surface area (Å²) in [5.41, 5.74) is 0.669. The van der Waals surface area contributed by atoms with Gasteiger partial charge in [-0.05, 0) is 46.9 Å². The van der Waals surface area contributed by atoms with Gasteiger partial charge >= 0.3 is 6.36 Å². The molecule has 90 valence electrons. The first-order valence-electron chi connectivity index (χ1n) is 4.50. The van der Waals surface area contributed by atoms with Crippen LogP contribution in [0.3, 0.4) is 0 Å². The maximum absolute atomic E-state index is 11.9. The molecular formula is C10H6F3IN2O. The number of halogens is 4. The highest BCUT2D eigenvalue weighted by Gasteiger charge is 2.30. The molecule has 2 aromatic rings. The molecule has 1 aromatic carbocycles. The second kappa shape index (κ2) is 4.55. The van der Waals surface area contributed by atoms with Crippen molar-refractivity contribution < 1.29 is 17.9 Å². The smallest absolute Gasteiger partial charge is 0.406 e. The summed E-state index contributed by atoms with van der Waals surface area (Å²) < 4.78 is 42.1. The fourth-order valence-corrected chi connectivity index (χ4v) is 1.63. The van der Waals surface area contributed by atoms with Crippen LogP contribution in [0.25, 0.3) is 5.69 Å². The highest BCUT2D eigenvalue weighted by molar-refractivity contribution is 14.1. The van der Waals surface area contributed by atoms with E-state index in [-0.39, 0.29) is 5.75 Å². The molecule has 0 saturated heterocycles. The van der Waals surface area contributed by atoms with Gasteiger partial charge in [0.1, 0.15) is 5.75 Å². The number of hydrogen-bond acceptors (Lipinski definition) is 2. The highest BCUT2D eigenvalue weighted by atomic mass is 127. The lowest BCUT2D eigenvalue weighted by atomic mass is 10.3. The van der Waals surface area contributed by atoms with Gasteiger partial charge in [-0.3, -0.25) is 0 Å². The average Bonchev–Trinajstić information content (AvgIpc) is 2.63. The third-order valence-corrected chi connectivity index (χ3v) is 2.44. The van der Waals surface area contributed by atoms with E-state index in [2.05, 4.69) is 32.4 Å². The molecular weight excluding hydrogens is 348 g/mol. The van der Waals surface area contributed by atoms with E-state index in [9.17, 15) is 13.2 Å². The van der Waals surface area contributed by atoms with Crippen LogP contribution < -0.4 is 4.74 Å². The molecule has 17 heavy (non-hydrogen) atoms. The van der Waals surface area contributed by atoms with E-state index in [1.165, 1.54) is 24.3 Å². The van der Waals surface area contributed by atoms with Crippen LogP contribution >= 0.6 is 22.6 Å². The van der Waals surface area contributed by atoms with Crippen molar-refractivity contribution in [2.75, 3.05) is 0 Å². The molecule has 2 rings (SSSR count). The predicted molar refractivity (Wildman–Crippen MR) is 63.0 cm³/mol. The van der Waals surface area contributed by atoms with Crippen LogP contribution in [0, 0.1) is 3.57 Å². The third-order valence-electron chi connectivity index (χ3n) is 1.89. The van der Waals surface area contributed by atoms with Crippen molar-refractivity contribution in [3.05, 3.63) is 40.2 Å². The minimum Gasteiger partial charge on any atom is -0.406 e. The Hall–Kier alpha value is -1.25. The summed E-state index contributed by atoms with van der Waals surface area (Å²) in [6.45, 7) is 0. The number of benzene rings is 1. The van der Waals surface area contributed by atoms with Crippen molar-refractivity contribution in [2.24, 2.45) is 0 Å². The summed E-state index contributed by atoms with van der Waals surface area (Å²) in [6, 6.07) is 5.50. The summed E-state index contributed by atoms with van der Waals surface area (Å²) in [5, 5.41) is 4.04. The van der Waals surface area contributed by atoms with Crippen molar-refractivity contribution in [1.29, 1.82) is 0 Å². The van der Waals surface area contributed by atoms with Crippen LogP contribution in [0.1, 0.15) is 0 Å². The minimum atomic E-state index is -4.66. The van der Waals surface area contributed by atoms with E-state index >= 15 is 0 Å². The number of nitrogens with zero attached hydrogens (tertiary/aromatic N) is 2. The lowest BCUT2D eigenvalue weighted by Crippen LogP contribution is -2.17. The highest BCUT2D eigenvalue weighted by Crippen LogP contribution is 2.23. The Morgan fingerprint density at radius 2 is 1.82 bits per heavy atom. The molecule has 0 bridgehead atoms. The van der Waals surface area contributed by atoms with E-state index < -0.39 is 6.36 Å². The zero-order valence-corrected chi connectivity index (χ0v) is 10.4. The van der Waals surface area contributed by atoms with Crippen LogP contribution in [0.2, 0.25) is 0 Å². The van der Waals surface area contributed by atoms with Crippen LogP contribution in [0.5, 0.6) is 5.75 Å². The van der Waals surface area contributed by atoms with E-state index in [0.29, 0.717) is 5.69 Å². The van der Waals surface area contributed by atoms with Crippen LogP contribution in [-0.2, 0) is 0 Å². The second-order valence-corrected chi connectivity index (χ2v) is 4.39. The Balaban J connectivity index is 2.19. The summed E-state index contributed by atoms with van der Waals surface area (Å²) >= 11 is 2.10. The zero-order valence-electron chi connectivity index (χ0n) is 8.28. The molecule has 3 nitrogen and oxygen atoms in total. The third kappa shape index (κ3) is 3.35. The molecule has 7 heteroatoms. The van der Waals surface area contributed by atoms with E-state index in [0.717, 1.165) is 3.57 Å². The van der Waals surface area contributed by atoms with Crippen LogP contribution in [0.15, 0.2) is 36.7 Å². The van der Waals surface area contributed by atoms with Crippen molar-refractivity contribution in [1.82, 2.24) is 9.78 Å². The second-order valence-electron chi connectivity index (χ2n) is 3.14. The van der Waals surface area contributed by atoms with Gasteiger partial charge in [0.2, 0.25) is 0 Å². The van der Waals surface area contributed by atoms with E-state index in [4.69, 9.17) is 0 Å². The maximum Gasteiger partial charge on any atom is 0.573 e. The molecule has 0 fully saturated rings. The lowest BCUT2D eigenvalue weighted by Gasteiger charge is -2.09. The Kier molecular flexibility index (Phi) is 3.27. The van der Waals surface area contributed by atoms with Crippen molar-refractivity contribution in [3.8, 4) is 11.4 Å². The van der Waals surface area contributed by atoms with Gasteiger partial charge in [0, 0.05) is 6.20 Å². The zero-order chi connectivity index (χ0) is 12.5. The Labute approximate surface area is 108 Å². The molecule has 0 aliphatic rings. The molecule has 0 N–H and O–H groups in total. The molecule has 0 amide bonds. The largest absolute Gasteiger partial charge is 0.573 e. The van der Waals surface area contributed by atoms with Gasteiger partial charge in [0.15, 0.2) is 0 Å². The molecule has 0 spiro atoms. The van der Waals surface area contributed by atoms with E-state index in [1.807, 2.05) is 0 Å². The Bertz CT molecular complexity index is 507. The van der Waals surface area contributed by atoms with Gasteiger partial charge in [-0.25, -0.2) is 4.68 Å². The monoisotopic (exact) mass is 354 g/mol. The lowest BCUT2D eigenvalue weighted by molar-refractivity contribution is -0.274. The first-order valence-corrected chi connectivity index (χ1v) is 5.58. The molecule has 0 radical (unpaired) electrons. The van der Waals surface area contributed by atoms with Crippen molar-refractivity contribution in [2.45, 2.75) is 6.36 Å². The van der Waals surface area contributed by atoms with Gasteiger partial charge in [0.25, 0.3) is 0 Å². The summed E-state index contributed by atoms with van der Waals surface area (Å²) in [4.78, 5) is 0. The van der Waals surface area contributed by atoms with Gasteiger partial charge in [-0.2, -0.15) is 5.10 Å². The molecule has 0 aliphatic carbocycles. The average molecular weight is 354 g/mol. The quantitative estimate of drug-likeness (QED) is 0.774. The summed E-state index contributed by atoms with van der Waals surface area (Å²) in [7, 11) is 0. The van der Waals surface area contributed by atoms with Gasteiger partial charge < -0.3 is 4.74 Å². The van der Waals surface area contributed by atoms with Gasteiger partial charge in [0.05, 0.1) is 15.5 Å². The normalized spacial score (nSPS) is 11.5. The molecule has 1 aromatic heterocycles. The Morgan fingerprint density at radius 3 is 2.29 bits per heavy atom.